The summed E-state index contributed by atoms with van der Waals surface area (Å²) in [4.78, 5) is 18.4. The summed E-state index contributed by atoms with van der Waals surface area (Å²) in [5.74, 6) is -0.0857. The third kappa shape index (κ3) is 2.54. The number of aryl methyl sites for hydroxylation is 1. The highest BCUT2D eigenvalue weighted by Crippen LogP contribution is 2.19. The summed E-state index contributed by atoms with van der Waals surface area (Å²) in [6.45, 7) is 4.54. The van der Waals surface area contributed by atoms with Gasteiger partial charge in [-0.2, -0.15) is 0 Å². The van der Waals surface area contributed by atoms with Gasteiger partial charge in [0.2, 0.25) is 0 Å². The van der Waals surface area contributed by atoms with Crippen LogP contribution in [0.2, 0.25) is 0 Å². The van der Waals surface area contributed by atoms with Gasteiger partial charge in [0.25, 0.3) is 0 Å². The molecule has 1 atom stereocenters. The first-order chi connectivity index (χ1) is 9.65. The Morgan fingerprint density at radius 2 is 2.30 bits per heavy atom. The normalized spacial score (nSPS) is 19.6. The molecule has 1 saturated heterocycles. The number of nitrogens with zero attached hydrogens (tertiary/aromatic N) is 3. The largest absolute Gasteiger partial charge is 0.469 e. The lowest BCUT2D eigenvalue weighted by atomic mass is 10.1. The van der Waals surface area contributed by atoms with E-state index in [4.69, 9.17) is 4.74 Å². The highest BCUT2D eigenvalue weighted by molar-refractivity contribution is 5.72. The zero-order chi connectivity index (χ0) is 14.1. The van der Waals surface area contributed by atoms with Gasteiger partial charge in [-0.25, -0.2) is 4.98 Å². The molecule has 0 amide bonds. The lowest BCUT2D eigenvalue weighted by Gasteiger charge is -2.13. The van der Waals surface area contributed by atoms with Crippen molar-refractivity contribution in [3.05, 3.63) is 35.8 Å². The number of aromatic nitrogens is 2. The molecule has 3 heterocycles. The van der Waals surface area contributed by atoms with E-state index in [1.165, 1.54) is 12.7 Å². The predicted molar refractivity (Wildman–Crippen MR) is 75.3 cm³/mol. The number of fused-ring (bicyclic) bond motifs is 1. The third-order valence-electron chi connectivity index (χ3n) is 3.84. The molecule has 0 aromatic carbocycles. The smallest absolute Gasteiger partial charge is 0.310 e. The molecule has 1 fully saturated rings. The van der Waals surface area contributed by atoms with Gasteiger partial charge >= 0.3 is 5.97 Å². The van der Waals surface area contributed by atoms with E-state index in [0.717, 1.165) is 37.4 Å². The quantitative estimate of drug-likeness (QED) is 0.798. The SMILES string of the molecule is COC(=O)C1CCN(Cc2cn3cc(C)ccc3n2)C1. The Morgan fingerprint density at radius 3 is 3.10 bits per heavy atom. The van der Waals surface area contributed by atoms with Crippen LogP contribution in [0.4, 0.5) is 0 Å². The lowest BCUT2D eigenvalue weighted by Crippen LogP contribution is -2.23. The van der Waals surface area contributed by atoms with Crippen molar-refractivity contribution in [2.45, 2.75) is 19.9 Å². The maximum absolute atomic E-state index is 11.5. The number of hydrogen-bond donors (Lipinski definition) is 0. The lowest BCUT2D eigenvalue weighted by molar-refractivity contribution is -0.144. The zero-order valence-corrected chi connectivity index (χ0v) is 11.9. The molecule has 106 valence electrons. The van der Waals surface area contributed by atoms with E-state index in [9.17, 15) is 4.79 Å². The first kappa shape index (κ1) is 13.1. The number of rotatable bonds is 3. The molecule has 1 aliphatic heterocycles. The molecule has 2 aromatic heterocycles. The van der Waals surface area contributed by atoms with Crippen LogP contribution in [0, 0.1) is 12.8 Å². The fraction of sp³-hybridized carbons (Fsp3) is 0.467. The number of imidazole rings is 1. The van der Waals surface area contributed by atoms with Crippen molar-refractivity contribution < 1.29 is 9.53 Å². The third-order valence-corrected chi connectivity index (χ3v) is 3.84. The Labute approximate surface area is 118 Å². The van der Waals surface area contributed by atoms with Gasteiger partial charge in [-0.3, -0.25) is 9.69 Å². The molecule has 0 bridgehead atoms. The van der Waals surface area contributed by atoms with Gasteiger partial charge in [0.15, 0.2) is 0 Å². The molecule has 0 saturated carbocycles. The molecule has 0 N–H and O–H groups in total. The average molecular weight is 273 g/mol. The zero-order valence-electron chi connectivity index (χ0n) is 11.9. The van der Waals surface area contributed by atoms with Crippen molar-refractivity contribution in [2.75, 3.05) is 20.2 Å². The standard InChI is InChI=1S/C15H19N3O2/c1-11-3-4-14-16-13(10-18(14)7-11)9-17-6-5-12(8-17)15(19)20-2/h3-4,7,10,12H,5-6,8-9H2,1-2H3. The monoisotopic (exact) mass is 273 g/mol. The topological polar surface area (TPSA) is 46.8 Å². The van der Waals surface area contributed by atoms with Crippen molar-refractivity contribution >= 4 is 11.6 Å². The molecule has 0 spiro atoms. The summed E-state index contributed by atoms with van der Waals surface area (Å²) in [6.07, 6.45) is 5.01. The van der Waals surface area contributed by atoms with Crippen LogP contribution in [0.15, 0.2) is 24.5 Å². The molecule has 2 aromatic rings. The van der Waals surface area contributed by atoms with E-state index in [1.54, 1.807) is 0 Å². The van der Waals surface area contributed by atoms with E-state index < -0.39 is 0 Å². The van der Waals surface area contributed by atoms with E-state index >= 15 is 0 Å². The summed E-state index contributed by atoms with van der Waals surface area (Å²) >= 11 is 0. The summed E-state index contributed by atoms with van der Waals surface area (Å²) in [7, 11) is 1.45. The number of pyridine rings is 1. The van der Waals surface area contributed by atoms with Crippen LogP contribution < -0.4 is 0 Å². The second-order valence-electron chi connectivity index (χ2n) is 5.45. The fourth-order valence-electron chi connectivity index (χ4n) is 2.80. The highest BCUT2D eigenvalue weighted by atomic mass is 16.5. The Balaban J connectivity index is 1.69. The van der Waals surface area contributed by atoms with Crippen LogP contribution in [-0.2, 0) is 16.1 Å². The van der Waals surface area contributed by atoms with Crippen molar-refractivity contribution in [2.24, 2.45) is 5.92 Å². The van der Waals surface area contributed by atoms with Gasteiger partial charge in [-0.1, -0.05) is 6.07 Å². The number of carbonyl (C=O) groups excluding carboxylic acids is 1. The van der Waals surface area contributed by atoms with E-state index in [2.05, 4.69) is 39.7 Å². The summed E-state index contributed by atoms with van der Waals surface area (Å²) in [5, 5.41) is 0. The van der Waals surface area contributed by atoms with Gasteiger partial charge in [0, 0.05) is 25.5 Å². The molecule has 5 nitrogen and oxygen atoms in total. The molecule has 1 aliphatic rings. The van der Waals surface area contributed by atoms with Crippen molar-refractivity contribution in [3.63, 3.8) is 0 Å². The highest BCUT2D eigenvalue weighted by Gasteiger charge is 2.29. The van der Waals surface area contributed by atoms with Gasteiger partial charge in [0.1, 0.15) is 5.65 Å². The minimum absolute atomic E-state index is 0.0132. The average Bonchev–Trinajstić information content (AvgIpc) is 3.04. The van der Waals surface area contributed by atoms with Gasteiger partial charge in [-0.15, -0.1) is 0 Å². The second-order valence-corrected chi connectivity index (χ2v) is 5.45. The van der Waals surface area contributed by atoms with Crippen molar-refractivity contribution in [1.29, 1.82) is 0 Å². The maximum Gasteiger partial charge on any atom is 0.310 e. The van der Waals surface area contributed by atoms with Crippen LogP contribution in [-0.4, -0.2) is 40.5 Å². The summed E-state index contributed by atoms with van der Waals surface area (Å²) < 4.78 is 6.86. The predicted octanol–water partition coefficient (Wildman–Crippen LogP) is 1.64. The number of carbonyl (C=O) groups is 1. The van der Waals surface area contributed by atoms with Gasteiger partial charge in [-0.05, 0) is 31.5 Å². The maximum atomic E-state index is 11.5. The summed E-state index contributed by atoms with van der Waals surface area (Å²) in [5.41, 5.74) is 3.23. The van der Waals surface area contributed by atoms with Gasteiger partial charge in [0.05, 0.1) is 18.7 Å². The number of hydrogen-bond acceptors (Lipinski definition) is 4. The van der Waals surface area contributed by atoms with Crippen LogP contribution in [0.3, 0.4) is 0 Å². The molecule has 3 rings (SSSR count). The Bertz CT molecular complexity index is 635. The number of esters is 1. The molecular formula is C15H19N3O2. The number of ether oxygens (including phenoxy) is 1. The Morgan fingerprint density at radius 1 is 1.45 bits per heavy atom. The Hall–Kier alpha value is -1.88. The van der Waals surface area contributed by atoms with E-state index in [1.807, 2.05) is 6.07 Å². The van der Waals surface area contributed by atoms with Crippen molar-refractivity contribution in [1.82, 2.24) is 14.3 Å². The summed E-state index contributed by atoms with van der Waals surface area (Å²) in [6, 6.07) is 4.09. The van der Waals surface area contributed by atoms with E-state index in [-0.39, 0.29) is 11.9 Å². The van der Waals surface area contributed by atoms with Gasteiger partial charge < -0.3 is 9.14 Å². The number of methoxy groups -OCH3 is 1. The Kier molecular flexibility index (Phi) is 3.44. The first-order valence-electron chi connectivity index (χ1n) is 6.90. The molecule has 1 unspecified atom stereocenters. The van der Waals surface area contributed by atoms with Crippen LogP contribution in [0.1, 0.15) is 17.7 Å². The molecule has 5 heteroatoms. The first-order valence-corrected chi connectivity index (χ1v) is 6.90. The molecule has 20 heavy (non-hydrogen) atoms. The van der Waals surface area contributed by atoms with Crippen LogP contribution in [0.5, 0.6) is 0 Å². The molecule has 0 aliphatic carbocycles. The minimum atomic E-state index is -0.0990. The van der Waals surface area contributed by atoms with Crippen LogP contribution >= 0.6 is 0 Å². The molecule has 0 radical (unpaired) electrons. The fourth-order valence-corrected chi connectivity index (χ4v) is 2.80. The second kappa shape index (κ2) is 5.25. The molecular weight excluding hydrogens is 254 g/mol. The minimum Gasteiger partial charge on any atom is -0.469 e. The van der Waals surface area contributed by atoms with Crippen molar-refractivity contribution in [3.8, 4) is 0 Å². The van der Waals surface area contributed by atoms with E-state index in [0.29, 0.717) is 0 Å². The number of likely N-dealkylation sites (tertiary alicyclic amines) is 1. The van der Waals surface area contributed by atoms with Crippen LogP contribution in [0.25, 0.3) is 5.65 Å².